The highest BCUT2D eigenvalue weighted by Gasteiger charge is 2.40. The standard InChI is InChI=1S/C7H12O3.C6H10O4.C6H10O3.2C6H14O2.C5H10O2.C5H12O2.2C4H6O6.C4H8O3.C2H6O2/c8-6(9)7(10)4-2-1-3-5-7;7-5(8)6(9)3-1-2-4-10-6;7-5(8)6(9)3-1-2-4-6;2*1-5(2,7)6(3,4)8;6-4-2-1-3-5(4)7;1-5(2,3-6)4-7;2*5-1(3(7)8)2(6)4(9)10;1-4(2,7)3(5)6;3-1-2-4/h10H,1-5H2,(H,8,9);9H,1-4H2,(H,7,8);9H,1-4H2,(H,7,8);2*7-8H,1-4H3;4-7H,1-3H2;6-7H,3-4H2,1-2H3;2*1-2,5-6H,(H,7,8)(H,9,10);7H,1-2H3,(H,5,6);3-4H,1-2H2/t;;;;;4-,5+;;1-,2+;1-,2-;;/m........0../s1. The van der Waals surface area contributed by atoms with E-state index >= 15 is 0 Å². The number of carbonyl (C=O) groups is 8. The predicted molar refractivity (Wildman–Crippen MR) is 311 cm³/mol. The van der Waals surface area contributed by atoms with Crippen LogP contribution in [0.15, 0.2) is 0 Å². The van der Waals surface area contributed by atoms with Gasteiger partial charge in [0, 0.05) is 11.8 Å². The molecule has 0 amide bonds. The van der Waals surface area contributed by atoms with Crippen LogP contribution < -0.4 is 0 Å². The fourth-order valence-corrected chi connectivity index (χ4v) is 4.98. The molecule has 0 aromatic carbocycles. The Kier molecular flexibility index (Phi) is 50.5. The maximum absolute atomic E-state index is 10.4. The number of hydrogen-bond acceptors (Lipinski definition) is 27. The quantitative estimate of drug-likeness (QED) is 0.0760. The van der Waals surface area contributed by atoms with Crippen LogP contribution in [0.25, 0.3) is 0 Å². The summed E-state index contributed by atoms with van der Waals surface area (Å²) >= 11 is 0. The van der Waals surface area contributed by atoms with Gasteiger partial charge < -0.3 is 138 Å². The first kappa shape index (κ1) is 98.6. The molecule has 35 nitrogen and oxygen atoms in total. The van der Waals surface area contributed by atoms with E-state index in [0.29, 0.717) is 38.7 Å². The molecule has 1 saturated heterocycles. The third kappa shape index (κ3) is 48.7. The van der Waals surface area contributed by atoms with Crippen molar-refractivity contribution < 1.29 is 176 Å². The Bertz CT molecular complexity index is 1820. The molecule has 0 aromatic rings. The molecule has 90 heavy (non-hydrogen) atoms. The third-order valence-electron chi connectivity index (χ3n) is 13.0. The van der Waals surface area contributed by atoms with Crippen LogP contribution in [0.2, 0.25) is 0 Å². The minimum absolute atomic E-state index is 0.0451. The van der Waals surface area contributed by atoms with Gasteiger partial charge in [0.05, 0.1) is 67.6 Å². The van der Waals surface area contributed by atoms with Gasteiger partial charge >= 0.3 is 47.8 Å². The maximum Gasteiger partial charge on any atom is 0.364 e. The molecule has 1 aliphatic heterocycles. The van der Waals surface area contributed by atoms with Crippen LogP contribution in [0, 0.1) is 5.41 Å². The van der Waals surface area contributed by atoms with Crippen LogP contribution in [0.5, 0.6) is 0 Å². The summed E-state index contributed by atoms with van der Waals surface area (Å²) in [5.41, 5.74) is -8.71. The molecule has 0 aromatic heterocycles. The van der Waals surface area contributed by atoms with Gasteiger partial charge in [-0.2, -0.15) is 0 Å². The number of aliphatic hydroxyl groups is 18. The maximum atomic E-state index is 10.4. The molecular weight excluding hydrogens is 1220 g/mol. The second-order valence-electron chi connectivity index (χ2n) is 24.1. The Morgan fingerprint density at radius 2 is 0.633 bits per heavy atom. The summed E-state index contributed by atoms with van der Waals surface area (Å²) in [6, 6.07) is 0. The van der Waals surface area contributed by atoms with Crippen LogP contribution in [-0.4, -0.2) is 295 Å². The summed E-state index contributed by atoms with van der Waals surface area (Å²) < 4.78 is 4.68. The van der Waals surface area contributed by atoms with E-state index in [-0.39, 0.29) is 38.3 Å². The van der Waals surface area contributed by atoms with E-state index in [1.54, 1.807) is 69.2 Å². The topological polar surface area (TPSA) is 672 Å². The smallest absolute Gasteiger partial charge is 0.364 e. The Labute approximate surface area is 522 Å². The highest BCUT2D eigenvalue weighted by Crippen LogP contribution is 2.30. The first-order valence-electron chi connectivity index (χ1n) is 28.0. The second-order valence-corrected chi connectivity index (χ2v) is 24.1. The number of carboxylic acids is 8. The molecule has 7 atom stereocenters. The lowest BCUT2D eigenvalue weighted by Crippen LogP contribution is -2.44. The van der Waals surface area contributed by atoms with E-state index in [4.69, 9.17) is 128 Å². The lowest BCUT2D eigenvalue weighted by molar-refractivity contribution is -0.235. The van der Waals surface area contributed by atoms with E-state index in [2.05, 4.69) is 4.74 Å². The first-order valence-corrected chi connectivity index (χ1v) is 28.0. The molecule has 0 radical (unpaired) electrons. The van der Waals surface area contributed by atoms with Crippen LogP contribution in [-0.2, 0) is 43.1 Å². The van der Waals surface area contributed by atoms with Crippen molar-refractivity contribution in [2.75, 3.05) is 33.0 Å². The van der Waals surface area contributed by atoms with Gasteiger partial charge in [0.1, 0.15) is 0 Å². The number of carboxylic acid groups (broad SMARTS) is 8. The number of aliphatic hydroxyl groups excluding tert-OH is 10. The van der Waals surface area contributed by atoms with Gasteiger partial charge in [-0.05, 0) is 153 Å². The average Bonchev–Trinajstić information content (AvgIpc) is 2.14. The largest absolute Gasteiger partial charge is 0.479 e. The molecular formula is C55H108O35. The molecule has 3 aliphatic carbocycles. The van der Waals surface area contributed by atoms with Crippen LogP contribution in [0.1, 0.15) is 179 Å². The van der Waals surface area contributed by atoms with Crippen molar-refractivity contribution in [2.24, 2.45) is 5.41 Å². The first-order chi connectivity index (χ1) is 40.2. The van der Waals surface area contributed by atoms with Crippen molar-refractivity contribution >= 4 is 47.8 Å². The van der Waals surface area contributed by atoms with E-state index in [9.17, 15) is 43.5 Å². The lowest BCUT2D eigenvalue weighted by Gasteiger charge is -2.31. The lowest BCUT2D eigenvalue weighted by atomic mass is 9.85. The molecule has 35 heteroatoms. The Morgan fingerprint density at radius 1 is 0.400 bits per heavy atom. The second kappa shape index (κ2) is 46.1. The van der Waals surface area contributed by atoms with Crippen LogP contribution >= 0.6 is 0 Å². The highest BCUT2D eigenvalue weighted by molar-refractivity contribution is 5.83. The monoisotopic (exact) mass is 1330 g/mol. The van der Waals surface area contributed by atoms with Crippen molar-refractivity contribution in [1.82, 2.24) is 0 Å². The number of rotatable bonds is 15. The van der Waals surface area contributed by atoms with Crippen molar-refractivity contribution in [3.05, 3.63) is 0 Å². The third-order valence-corrected chi connectivity index (χ3v) is 13.0. The van der Waals surface area contributed by atoms with Crippen molar-refractivity contribution in [3.63, 3.8) is 0 Å². The fraction of sp³-hybridized carbons (Fsp3) is 0.855. The summed E-state index contributed by atoms with van der Waals surface area (Å²) in [5, 5.41) is 221. The Hall–Kier alpha value is -5.00. The molecule has 1 heterocycles. The average molecular weight is 1330 g/mol. The predicted octanol–water partition coefficient (Wildman–Crippen LogP) is -3.38. The molecule has 4 aliphatic rings. The van der Waals surface area contributed by atoms with Gasteiger partial charge in [-0.25, -0.2) is 38.4 Å². The number of ether oxygens (including phenoxy) is 1. The molecule has 4 rings (SSSR count). The van der Waals surface area contributed by atoms with Gasteiger partial charge in [-0.15, -0.1) is 0 Å². The summed E-state index contributed by atoms with van der Waals surface area (Å²) in [6.07, 6.45) is 0.415. The molecule has 4 fully saturated rings. The zero-order chi connectivity index (χ0) is 73.4. The zero-order valence-corrected chi connectivity index (χ0v) is 53.4. The minimum Gasteiger partial charge on any atom is -0.479 e. The molecule has 538 valence electrons. The Balaban J connectivity index is -0.000000169. The van der Waals surface area contributed by atoms with Crippen molar-refractivity contribution in [1.29, 1.82) is 0 Å². The van der Waals surface area contributed by atoms with Gasteiger partial charge in [0.25, 0.3) is 5.79 Å². The van der Waals surface area contributed by atoms with Gasteiger partial charge in [0.15, 0.2) is 41.2 Å². The van der Waals surface area contributed by atoms with E-state index in [1.807, 2.05) is 0 Å². The van der Waals surface area contributed by atoms with E-state index in [0.717, 1.165) is 57.8 Å². The molecule has 0 bridgehead atoms. The van der Waals surface area contributed by atoms with Gasteiger partial charge in [0.2, 0.25) is 0 Å². The summed E-state index contributed by atoms with van der Waals surface area (Å²) in [4.78, 5) is 79.9. The van der Waals surface area contributed by atoms with Crippen LogP contribution in [0.4, 0.5) is 0 Å². The molecule has 3 saturated carbocycles. The highest BCUT2D eigenvalue weighted by atomic mass is 16.6. The van der Waals surface area contributed by atoms with Gasteiger partial charge in [-0.3, -0.25) is 0 Å². The van der Waals surface area contributed by atoms with E-state index < -0.39 is 129 Å². The summed E-state index contributed by atoms with van der Waals surface area (Å²) in [7, 11) is 0. The van der Waals surface area contributed by atoms with Crippen molar-refractivity contribution in [3.8, 4) is 0 Å². The number of hydrogen-bond donors (Lipinski definition) is 26. The van der Waals surface area contributed by atoms with Gasteiger partial charge in [-0.1, -0.05) is 20.3 Å². The van der Waals surface area contributed by atoms with Crippen molar-refractivity contribution in [2.45, 2.75) is 261 Å². The zero-order valence-electron chi connectivity index (χ0n) is 53.4. The molecule has 26 N–H and O–H groups in total. The SMILES string of the molecule is CC(C)(CO)CO.CC(C)(O)C(=O)O.CC(C)(O)C(C)(C)O.CC(C)(O)C(C)(C)O.O=C(O)C1(O)CCCC1.O=C(O)C1(O)CCCCC1.O=C(O)C1(O)CCCCO1.O=C(O)[C@@H](O)[C@@H](O)C(=O)O.O=C(O)[C@@H](O)[C@H](O)C(=O)O.OCCO.O[C@@H]1CCC[C@@H]1O. The molecule has 0 spiro atoms. The summed E-state index contributed by atoms with van der Waals surface area (Å²) in [6.45, 7) is 18.8. The normalized spacial score (nSPS) is 20.3. The minimum atomic E-state index is -2.27. The number of aliphatic carboxylic acids is 8. The van der Waals surface area contributed by atoms with Crippen LogP contribution in [0.3, 0.4) is 0 Å². The fourth-order valence-electron chi connectivity index (χ4n) is 4.98. The summed E-state index contributed by atoms with van der Waals surface area (Å²) in [5.74, 6) is -13.6. The van der Waals surface area contributed by atoms with E-state index in [1.165, 1.54) is 13.8 Å². The Morgan fingerprint density at radius 3 is 0.733 bits per heavy atom. The molecule has 1 unspecified atom stereocenters.